The Balaban J connectivity index is 1.95. The van der Waals surface area contributed by atoms with Crippen molar-refractivity contribution in [3.8, 4) is 0 Å². The van der Waals surface area contributed by atoms with E-state index in [1.807, 2.05) is 11.8 Å². The quantitative estimate of drug-likeness (QED) is 0.549. The van der Waals surface area contributed by atoms with Crippen LogP contribution in [0.2, 0.25) is 0 Å². The largest absolute Gasteiger partial charge is 0.357 e. The normalized spacial score (nSPS) is 27.7. The minimum Gasteiger partial charge on any atom is -0.357 e. The summed E-state index contributed by atoms with van der Waals surface area (Å²) in [5, 5.41) is 6.92. The summed E-state index contributed by atoms with van der Waals surface area (Å²) in [6.07, 6.45) is 2.90. The number of carbonyl (C=O) groups is 1. The zero-order valence-corrected chi connectivity index (χ0v) is 18.3. The van der Waals surface area contributed by atoms with Gasteiger partial charge in [0, 0.05) is 50.7 Å². The van der Waals surface area contributed by atoms with Gasteiger partial charge < -0.3 is 15.5 Å². The van der Waals surface area contributed by atoms with Crippen LogP contribution in [-0.2, 0) is 4.79 Å². The highest BCUT2D eigenvalue weighted by molar-refractivity contribution is 5.80. The average Bonchev–Trinajstić information content (AvgIpc) is 3.07. The first-order valence-corrected chi connectivity index (χ1v) is 10.8. The van der Waals surface area contributed by atoms with Crippen LogP contribution < -0.4 is 10.6 Å². The molecule has 0 aromatic carbocycles. The SMILES string of the molecule is CCNC(=NCC(C)(C)N1CC(C)CC(C)C1)NC1CCN(C(=O)CC)C1. The predicted octanol–water partition coefficient (Wildman–Crippen LogP) is 2.31. The van der Waals surface area contributed by atoms with E-state index in [1.54, 1.807) is 0 Å². The van der Waals surface area contributed by atoms with Gasteiger partial charge in [-0.15, -0.1) is 0 Å². The van der Waals surface area contributed by atoms with Crippen molar-refractivity contribution in [3.05, 3.63) is 0 Å². The Morgan fingerprint density at radius 3 is 2.41 bits per heavy atom. The van der Waals surface area contributed by atoms with Gasteiger partial charge in [0.1, 0.15) is 0 Å². The van der Waals surface area contributed by atoms with Gasteiger partial charge in [0.25, 0.3) is 0 Å². The van der Waals surface area contributed by atoms with Crippen LogP contribution in [0.1, 0.15) is 60.8 Å². The number of aliphatic imine (C=N–C) groups is 1. The van der Waals surface area contributed by atoms with E-state index in [-0.39, 0.29) is 17.5 Å². The fourth-order valence-corrected chi connectivity index (χ4v) is 4.37. The van der Waals surface area contributed by atoms with Crippen molar-refractivity contribution >= 4 is 11.9 Å². The molecule has 2 fully saturated rings. The van der Waals surface area contributed by atoms with Gasteiger partial charge >= 0.3 is 0 Å². The van der Waals surface area contributed by atoms with Gasteiger partial charge in [-0.05, 0) is 45.4 Å². The molecule has 0 aliphatic carbocycles. The number of nitrogens with one attached hydrogen (secondary N) is 2. The summed E-state index contributed by atoms with van der Waals surface area (Å²) in [6.45, 7) is 18.9. The Kier molecular flexibility index (Phi) is 7.95. The van der Waals surface area contributed by atoms with Crippen molar-refractivity contribution < 1.29 is 4.79 Å². The molecule has 0 bridgehead atoms. The number of amides is 1. The molecule has 6 heteroatoms. The maximum atomic E-state index is 11.9. The first-order valence-electron chi connectivity index (χ1n) is 10.8. The van der Waals surface area contributed by atoms with E-state index in [0.717, 1.165) is 63.5 Å². The van der Waals surface area contributed by atoms with Crippen LogP contribution in [0.3, 0.4) is 0 Å². The molecule has 0 saturated carbocycles. The molecule has 156 valence electrons. The van der Waals surface area contributed by atoms with Crippen LogP contribution in [0.5, 0.6) is 0 Å². The predicted molar refractivity (Wildman–Crippen MR) is 113 cm³/mol. The zero-order valence-electron chi connectivity index (χ0n) is 18.3. The Morgan fingerprint density at radius 2 is 1.81 bits per heavy atom. The van der Waals surface area contributed by atoms with Gasteiger partial charge in [0.2, 0.25) is 5.91 Å². The van der Waals surface area contributed by atoms with Gasteiger partial charge in [-0.2, -0.15) is 0 Å². The van der Waals surface area contributed by atoms with Gasteiger partial charge in [-0.25, -0.2) is 0 Å². The molecule has 0 radical (unpaired) electrons. The average molecular weight is 380 g/mol. The van der Waals surface area contributed by atoms with E-state index >= 15 is 0 Å². The van der Waals surface area contributed by atoms with Crippen LogP contribution in [0, 0.1) is 11.8 Å². The molecule has 27 heavy (non-hydrogen) atoms. The van der Waals surface area contributed by atoms with Crippen LogP contribution in [0.15, 0.2) is 4.99 Å². The van der Waals surface area contributed by atoms with Crippen molar-refractivity contribution in [3.63, 3.8) is 0 Å². The molecule has 0 aromatic rings. The maximum absolute atomic E-state index is 11.9. The number of rotatable bonds is 6. The minimum absolute atomic E-state index is 0.0468. The standard InChI is InChI=1S/C21H41N5O/c1-7-19(27)25-10-9-18(14-25)24-20(22-8-2)23-15-21(5,6)26-12-16(3)11-17(4)13-26/h16-18H,7-15H2,1-6H3,(H2,22,23,24). The molecule has 3 atom stereocenters. The lowest BCUT2D eigenvalue weighted by atomic mass is 9.88. The number of likely N-dealkylation sites (tertiary alicyclic amines) is 2. The smallest absolute Gasteiger partial charge is 0.222 e. The zero-order chi connectivity index (χ0) is 20.0. The lowest BCUT2D eigenvalue weighted by molar-refractivity contribution is -0.129. The van der Waals surface area contributed by atoms with E-state index in [2.05, 4.69) is 50.2 Å². The summed E-state index contributed by atoms with van der Waals surface area (Å²) in [5.74, 6) is 2.63. The second-order valence-corrected chi connectivity index (χ2v) is 9.18. The van der Waals surface area contributed by atoms with E-state index < -0.39 is 0 Å². The van der Waals surface area contributed by atoms with E-state index in [9.17, 15) is 4.79 Å². The van der Waals surface area contributed by atoms with Gasteiger partial charge in [0.05, 0.1) is 6.54 Å². The number of guanidine groups is 1. The van der Waals surface area contributed by atoms with E-state index in [1.165, 1.54) is 6.42 Å². The van der Waals surface area contributed by atoms with Crippen LogP contribution in [0.25, 0.3) is 0 Å². The molecule has 2 N–H and O–H groups in total. The van der Waals surface area contributed by atoms with E-state index in [0.29, 0.717) is 6.42 Å². The van der Waals surface area contributed by atoms with Crippen molar-refractivity contribution in [2.24, 2.45) is 16.8 Å². The fraction of sp³-hybridized carbons (Fsp3) is 0.905. The van der Waals surface area contributed by atoms with Crippen molar-refractivity contribution in [2.75, 3.05) is 39.3 Å². The molecule has 2 heterocycles. The van der Waals surface area contributed by atoms with Gasteiger partial charge in [0.15, 0.2) is 5.96 Å². The number of nitrogens with zero attached hydrogens (tertiary/aromatic N) is 3. The Labute approximate surface area is 166 Å². The highest BCUT2D eigenvalue weighted by atomic mass is 16.2. The molecule has 0 aromatic heterocycles. The Bertz CT molecular complexity index is 509. The lowest BCUT2D eigenvalue weighted by Gasteiger charge is -2.44. The topological polar surface area (TPSA) is 60.0 Å². The third kappa shape index (κ3) is 6.37. The first-order chi connectivity index (χ1) is 12.7. The molecule has 3 unspecified atom stereocenters. The van der Waals surface area contributed by atoms with Crippen LogP contribution in [-0.4, -0.2) is 72.5 Å². The Morgan fingerprint density at radius 1 is 1.15 bits per heavy atom. The monoisotopic (exact) mass is 379 g/mol. The molecule has 2 rings (SSSR count). The maximum Gasteiger partial charge on any atom is 0.222 e. The van der Waals surface area contributed by atoms with Crippen molar-refractivity contribution in [1.29, 1.82) is 0 Å². The second kappa shape index (κ2) is 9.76. The summed E-state index contributed by atoms with van der Waals surface area (Å²) in [4.78, 5) is 21.4. The van der Waals surface area contributed by atoms with Crippen LogP contribution >= 0.6 is 0 Å². The molecule has 2 saturated heterocycles. The summed E-state index contributed by atoms with van der Waals surface area (Å²) in [5.41, 5.74) is 0.0468. The lowest BCUT2D eigenvalue weighted by Crippen LogP contribution is -2.53. The summed E-state index contributed by atoms with van der Waals surface area (Å²) in [7, 11) is 0. The first kappa shape index (κ1) is 22.0. The molecule has 2 aliphatic rings. The number of hydrogen-bond donors (Lipinski definition) is 2. The third-order valence-electron chi connectivity index (χ3n) is 5.88. The Hall–Kier alpha value is -1.30. The molecule has 0 spiro atoms. The molecular formula is C21H41N5O. The highest BCUT2D eigenvalue weighted by Crippen LogP contribution is 2.27. The minimum atomic E-state index is 0.0468. The van der Waals surface area contributed by atoms with Gasteiger partial charge in [-0.1, -0.05) is 20.8 Å². The highest BCUT2D eigenvalue weighted by Gasteiger charge is 2.33. The fourth-order valence-electron chi connectivity index (χ4n) is 4.37. The third-order valence-corrected chi connectivity index (χ3v) is 5.88. The summed E-state index contributed by atoms with van der Waals surface area (Å²) in [6, 6.07) is 0.288. The molecule has 6 nitrogen and oxygen atoms in total. The molecule has 2 aliphatic heterocycles. The summed E-state index contributed by atoms with van der Waals surface area (Å²) >= 11 is 0. The molecular weight excluding hydrogens is 338 g/mol. The molecule has 1 amide bonds. The van der Waals surface area contributed by atoms with Crippen LogP contribution in [0.4, 0.5) is 0 Å². The number of carbonyl (C=O) groups excluding carboxylic acids is 1. The van der Waals surface area contributed by atoms with Gasteiger partial charge in [-0.3, -0.25) is 14.7 Å². The van der Waals surface area contributed by atoms with E-state index in [4.69, 9.17) is 4.99 Å². The van der Waals surface area contributed by atoms with Crippen molar-refractivity contribution in [2.45, 2.75) is 72.4 Å². The van der Waals surface area contributed by atoms with Crippen molar-refractivity contribution in [1.82, 2.24) is 20.4 Å². The number of piperidine rings is 1. The second-order valence-electron chi connectivity index (χ2n) is 9.18. The summed E-state index contributed by atoms with van der Waals surface area (Å²) < 4.78 is 0. The number of hydrogen-bond acceptors (Lipinski definition) is 3.